The third-order valence-corrected chi connectivity index (χ3v) is 6.89. The van der Waals surface area contributed by atoms with Crippen molar-refractivity contribution in [3.8, 4) is 10.7 Å². The second kappa shape index (κ2) is 9.04. The maximum Gasteiger partial charge on any atom is 0.265 e. The topological polar surface area (TPSA) is 72.1 Å². The monoisotopic (exact) mass is 444 g/mol. The normalized spacial score (nSPS) is 16.3. The van der Waals surface area contributed by atoms with E-state index in [1.807, 2.05) is 54.4 Å². The molecule has 0 N–H and O–H groups in total. The molecule has 1 atom stereocenters. The Balaban J connectivity index is 1.29. The number of benzene rings is 1. The Kier molecular flexibility index (Phi) is 5.81. The Morgan fingerprint density at radius 3 is 2.81 bits per heavy atom. The van der Waals surface area contributed by atoms with Crippen LogP contribution in [0.25, 0.3) is 10.7 Å². The van der Waals surface area contributed by atoms with E-state index in [1.54, 1.807) is 6.20 Å². The third-order valence-electron chi connectivity index (χ3n) is 5.73. The van der Waals surface area contributed by atoms with Crippen molar-refractivity contribution in [1.82, 2.24) is 19.9 Å². The average molecular weight is 445 g/mol. The van der Waals surface area contributed by atoms with Crippen molar-refractivity contribution >= 4 is 17.2 Å². The number of carbonyl (C=O) groups excluding carboxylic acids is 1. The van der Waals surface area contributed by atoms with Crippen molar-refractivity contribution in [1.29, 1.82) is 0 Å². The van der Waals surface area contributed by atoms with Gasteiger partial charge in [0.05, 0.1) is 23.5 Å². The first-order chi connectivity index (χ1) is 15.7. The number of piperidine rings is 1. The largest absolute Gasteiger partial charge is 0.445 e. The molecule has 7 heteroatoms. The molecule has 1 aromatic carbocycles. The van der Waals surface area contributed by atoms with Gasteiger partial charge in [0.2, 0.25) is 0 Å². The zero-order valence-corrected chi connectivity index (χ0v) is 18.7. The molecule has 1 saturated heterocycles. The molecular weight excluding hydrogens is 420 g/mol. The van der Waals surface area contributed by atoms with Crippen molar-refractivity contribution in [3.05, 3.63) is 88.7 Å². The first kappa shape index (κ1) is 20.6. The molecule has 1 unspecified atom stereocenters. The standard InChI is InChI=1S/C25H24N4O2S/c1-17-22(32-24(28-17)21-11-5-6-12-26-21)25(30)29-13-7-10-19(16-29)23-27-15-20(31-23)14-18-8-3-2-4-9-18/h2-6,8-9,11-12,15,19H,7,10,13-14,16H2,1H3. The number of likely N-dealkylation sites (tertiary alicyclic amines) is 1. The molecule has 0 radical (unpaired) electrons. The van der Waals surface area contributed by atoms with E-state index in [0.29, 0.717) is 11.4 Å². The molecule has 1 aliphatic rings. The summed E-state index contributed by atoms with van der Waals surface area (Å²) in [5.74, 6) is 1.72. The number of pyridine rings is 1. The van der Waals surface area contributed by atoms with Crippen molar-refractivity contribution < 1.29 is 9.21 Å². The van der Waals surface area contributed by atoms with E-state index in [2.05, 4.69) is 27.1 Å². The van der Waals surface area contributed by atoms with Crippen molar-refractivity contribution in [2.45, 2.75) is 32.1 Å². The van der Waals surface area contributed by atoms with E-state index in [-0.39, 0.29) is 11.8 Å². The van der Waals surface area contributed by atoms with E-state index in [9.17, 15) is 4.79 Å². The summed E-state index contributed by atoms with van der Waals surface area (Å²) >= 11 is 1.41. The number of aryl methyl sites for hydroxylation is 1. The van der Waals surface area contributed by atoms with Crippen LogP contribution in [0.5, 0.6) is 0 Å². The first-order valence-corrected chi connectivity index (χ1v) is 11.7. The Labute approximate surface area is 191 Å². The van der Waals surface area contributed by atoms with Crippen molar-refractivity contribution in [2.75, 3.05) is 13.1 Å². The van der Waals surface area contributed by atoms with E-state index in [0.717, 1.165) is 53.9 Å². The summed E-state index contributed by atoms with van der Waals surface area (Å²) in [6, 6.07) is 15.9. The second-order valence-corrected chi connectivity index (χ2v) is 9.07. The molecule has 4 aromatic rings. The molecule has 0 saturated carbocycles. The zero-order chi connectivity index (χ0) is 21.9. The predicted octanol–water partition coefficient (Wildman–Crippen LogP) is 5.11. The molecule has 4 heterocycles. The average Bonchev–Trinajstić information content (AvgIpc) is 3.47. The highest BCUT2D eigenvalue weighted by Crippen LogP contribution is 2.31. The molecule has 1 fully saturated rings. The number of amides is 1. The highest BCUT2D eigenvalue weighted by Gasteiger charge is 2.30. The van der Waals surface area contributed by atoms with Crippen LogP contribution in [0.2, 0.25) is 0 Å². The number of rotatable bonds is 5. The lowest BCUT2D eigenvalue weighted by Gasteiger charge is -2.31. The smallest absolute Gasteiger partial charge is 0.265 e. The number of hydrogen-bond acceptors (Lipinski definition) is 6. The molecule has 162 valence electrons. The summed E-state index contributed by atoms with van der Waals surface area (Å²) in [5.41, 5.74) is 2.74. The van der Waals surface area contributed by atoms with Gasteiger partial charge in [-0.2, -0.15) is 0 Å². The highest BCUT2D eigenvalue weighted by atomic mass is 32.1. The lowest BCUT2D eigenvalue weighted by molar-refractivity contribution is 0.0702. The van der Waals surface area contributed by atoms with Gasteiger partial charge in [-0.05, 0) is 37.5 Å². The lowest BCUT2D eigenvalue weighted by Crippen LogP contribution is -2.39. The predicted molar refractivity (Wildman–Crippen MR) is 124 cm³/mol. The van der Waals surface area contributed by atoms with Crippen LogP contribution in [0.4, 0.5) is 0 Å². The number of hydrogen-bond donors (Lipinski definition) is 0. The SMILES string of the molecule is Cc1nc(-c2ccccn2)sc1C(=O)N1CCCC(c2ncc(Cc3ccccc3)o2)C1. The van der Waals surface area contributed by atoms with Gasteiger partial charge in [0.25, 0.3) is 5.91 Å². The minimum Gasteiger partial charge on any atom is -0.445 e. The number of oxazole rings is 1. The fourth-order valence-corrected chi connectivity index (χ4v) is 5.10. The number of carbonyl (C=O) groups is 1. The van der Waals surface area contributed by atoms with Gasteiger partial charge in [0.15, 0.2) is 5.89 Å². The van der Waals surface area contributed by atoms with Gasteiger partial charge < -0.3 is 9.32 Å². The molecule has 6 nitrogen and oxygen atoms in total. The van der Waals surface area contributed by atoms with Crippen molar-refractivity contribution in [3.63, 3.8) is 0 Å². The summed E-state index contributed by atoms with van der Waals surface area (Å²) in [4.78, 5) is 29.4. The summed E-state index contributed by atoms with van der Waals surface area (Å²) in [6.07, 6.45) is 6.17. The van der Waals surface area contributed by atoms with Gasteiger partial charge in [-0.1, -0.05) is 36.4 Å². The van der Waals surface area contributed by atoms with Gasteiger partial charge in [0, 0.05) is 25.7 Å². The molecule has 1 aliphatic heterocycles. The Morgan fingerprint density at radius 2 is 2.00 bits per heavy atom. The first-order valence-electron chi connectivity index (χ1n) is 10.8. The van der Waals surface area contributed by atoms with E-state index >= 15 is 0 Å². The molecule has 0 spiro atoms. The highest BCUT2D eigenvalue weighted by molar-refractivity contribution is 7.17. The van der Waals surface area contributed by atoms with Crippen LogP contribution >= 0.6 is 11.3 Å². The maximum absolute atomic E-state index is 13.3. The summed E-state index contributed by atoms with van der Waals surface area (Å²) < 4.78 is 6.08. The minimum absolute atomic E-state index is 0.0305. The second-order valence-electron chi connectivity index (χ2n) is 8.07. The minimum atomic E-state index is 0.0305. The van der Waals surface area contributed by atoms with Gasteiger partial charge in [-0.3, -0.25) is 9.78 Å². The van der Waals surface area contributed by atoms with Crippen LogP contribution in [-0.4, -0.2) is 38.8 Å². The van der Waals surface area contributed by atoms with Crippen LogP contribution in [0.15, 0.2) is 65.3 Å². The Morgan fingerprint density at radius 1 is 1.16 bits per heavy atom. The molecule has 3 aromatic heterocycles. The van der Waals surface area contributed by atoms with E-state index < -0.39 is 0 Å². The van der Waals surface area contributed by atoms with Gasteiger partial charge in [0.1, 0.15) is 15.6 Å². The van der Waals surface area contributed by atoms with Crippen molar-refractivity contribution in [2.24, 2.45) is 0 Å². The van der Waals surface area contributed by atoms with Crippen LogP contribution in [0, 0.1) is 6.92 Å². The molecule has 32 heavy (non-hydrogen) atoms. The number of thiazole rings is 1. The lowest BCUT2D eigenvalue weighted by atomic mass is 9.98. The van der Waals surface area contributed by atoms with Crippen LogP contribution in [-0.2, 0) is 6.42 Å². The quantitative estimate of drug-likeness (QED) is 0.428. The Hall–Kier alpha value is -3.32. The fraction of sp³-hybridized carbons (Fsp3) is 0.280. The third kappa shape index (κ3) is 4.34. The number of aromatic nitrogens is 3. The molecule has 5 rings (SSSR count). The molecule has 1 amide bonds. The van der Waals surface area contributed by atoms with Crippen LogP contribution < -0.4 is 0 Å². The van der Waals surface area contributed by atoms with E-state index in [4.69, 9.17) is 4.42 Å². The van der Waals surface area contributed by atoms with Gasteiger partial charge >= 0.3 is 0 Å². The summed E-state index contributed by atoms with van der Waals surface area (Å²) in [6.45, 7) is 3.24. The van der Waals surface area contributed by atoms with Crippen LogP contribution in [0.3, 0.4) is 0 Å². The molecule has 0 aliphatic carbocycles. The zero-order valence-electron chi connectivity index (χ0n) is 17.9. The van der Waals surface area contributed by atoms with Gasteiger partial charge in [-0.25, -0.2) is 9.97 Å². The van der Waals surface area contributed by atoms with E-state index in [1.165, 1.54) is 16.9 Å². The number of nitrogens with zero attached hydrogens (tertiary/aromatic N) is 4. The fourth-order valence-electron chi connectivity index (χ4n) is 4.09. The maximum atomic E-state index is 13.3. The summed E-state index contributed by atoms with van der Waals surface area (Å²) in [5, 5.41) is 0.776. The molecular formula is C25H24N4O2S. The van der Waals surface area contributed by atoms with Gasteiger partial charge in [-0.15, -0.1) is 11.3 Å². The molecule has 0 bridgehead atoms. The Bertz CT molecular complexity index is 1200. The summed E-state index contributed by atoms with van der Waals surface area (Å²) in [7, 11) is 0. The van der Waals surface area contributed by atoms with Crippen LogP contribution in [0.1, 0.15) is 51.3 Å².